The van der Waals surface area contributed by atoms with Crippen molar-refractivity contribution in [1.29, 1.82) is 0 Å². The molecule has 7 nitrogen and oxygen atoms in total. The van der Waals surface area contributed by atoms with Gasteiger partial charge in [0.05, 0.1) is 37.1 Å². The summed E-state index contributed by atoms with van der Waals surface area (Å²) in [7, 11) is 1.60. The van der Waals surface area contributed by atoms with Crippen molar-refractivity contribution in [2.75, 3.05) is 44.1 Å². The first-order chi connectivity index (χ1) is 19.3. The Hall–Kier alpha value is -3.54. The van der Waals surface area contributed by atoms with Crippen LogP contribution in [0.5, 0.6) is 0 Å². The number of anilines is 2. The summed E-state index contributed by atoms with van der Waals surface area (Å²) in [6, 6.07) is 15.8. The van der Waals surface area contributed by atoms with Crippen molar-refractivity contribution in [2.45, 2.75) is 25.9 Å². The average molecular weight is 581 g/mol. The fraction of sp³-hybridized carbons (Fsp3) is 0.290. The number of methoxy groups -OCH3 is 1. The summed E-state index contributed by atoms with van der Waals surface area (Å²) in [5, 5.41) is 1.00. The van der Waals surface area contributed by atoms with Crippen LogP contribution in [-0.4, -0.2) is 50.2 Å². The molecule has 9 heteroatoms. The number of carbonyl (C=O) groups is 2. The molecule has 40 heavy (non-hydrogen) atoms. The third kappa shape index (κ3) is 6.27. The minimum absolute atomic E-state index is 0.233. The van der Waals surface area contributed by atoms with E-state index in [4.69, 9.17) is 38.4 Å². The molecule has 3 aromatic rings. The highest BCUT2D eigenvalue weighted by atomic mass is 35.5. The van der Waals surface area contributed by atoms with E-state index in [1.165, 1.54) is 0 Å². The van der Waals surface area contributed by atoms with Gasteiger partial charge in [0.25, 0.3) is 11.8 Å². The lowest BCUT2D eigenvalue weighted by Crippen LogP contribution is -2.44. The Labute approximate surface area is 244 Å². The van der Waals surface area contributed by atoms with Gasteiger partial charge < -0.3 is 25.0 Å². The van der Waals surface area contributed by atoms with E-state index in [-0.39, 0.29) is 25.0 Å². The SMILES string of the molecule is CC#Cc1ccc2c(c1)C(=O)N([C@H](C)c1ccc(Cl)cc1N)C(c1ccc(Cl)cc1)C(=O)N2CCOCCOC. The van der Waals surface area contributed by atoms with Crippen molar-refractivity contribution in [2.24, 2.45) is 0 Å². The predicted octanol–water partition coefficient (Wildman–Crippen LogP) is 5.90. The Balaban J connectivity index is 1.89. The molecule has 1 heterocycles. The summed E-state index contributed by atoms with van der Waals surface area (Å²) in [5.74, 6) is 5.29. The smallest absolute Gasteiger partial charge is 0.257 e. The second-order valence-corrected chi connectivity index (χ2v) is 10.2. The van der Waals surface area contributed by atoms with Crippen molar-refractivity contribution in [3.63, 3.8) is 0 Å². The van der Waals surface area contributed by atoms with Gasteiger partial charge in [-0.15, -0.1) is 5.92 Å². The fourth-order valence-electron chi connectivity index (χ4n) is 4.86. The Bertz CT molecular complexity index is 1450. The van der Waals surface area contributed by atoms with Crippen LogP contribution < -0.4 is 10.6 Å². The summed E-state index contributed by atoms with van der Waals surface area (Å²) >= 11 is 12.4. The maximum atomic E-state index is 14.5. The van der Waals surface area contributed by atoms with Gasteiger partial charge in [0.2, 0.25) is 0 Å². The van der Waals surface area contributed by atoms with Crippen LogP contribution in [0.15, 0.2) is 60.7 Å². The van der Waals surface area contributed by atoms with Gasteiger partial charge in [-0.25, -0.2) is 0 Å². The van der Waals surface area contributed by atoms with Crippen LogP contribution >= 0.6 is 23.2 Å². The number of hydrogen-bond acceptors (Lipinski definition) is 5. The lowest BCUT2D eigenvalue weighted by atomic mass is 9.97. The monoisotopic (exact) mass is 579 g/mol. The third-order valence-corrected chi connectivity index (χ3v) is 7.28. The molecule has 0 radical (unpaired) electrons. The molecule has 0 bridgehead atoms. The van der Waals surface area contributed by atoms with Gasteiger partial charge >= 0.3 is 0 Å². The molecule has 1 aliphatic heterocycles. The highest BCUT2D eigenvalue weighted by molar-refractivity contribution is 6.31. The molecule has 2 amide bonds. The van der Waals surface area contributed by atoms with E-state index in [9.17, 15) is 9.59 Å². The Morgan fingerprint density at radius 1 is 0.975 bits per heavy atom. The zero-order valence-electron chi connectivity index (χ0n) is 22.6. The van der Waals surface area contributed by atoms with Crippen LogP contribution in [0.4, 0.5) is 11.4 Å². The van der Waals surface area contributed by atoms with E-state index < -0.39 is 12.1 Å². The van der Waals surface area contributed by atoms with Crippen molar-refractivity contribution in [3.8, 4) is 11.8 Å². The molecule has 2 N–H and O–H groups in total. The quantitative estimate of drug-likeness (QED) is 0.194. The van der Waals surface area contributed by atoms with Crippen LogP contribution in [0.1, 0.15) is 53.0 Å². The van der Waals surface area contributed by atoms with Crippen molar-refractivity contribution in [3.05, 3.63) is 93.0 Å². The average Bonchev–Trinajstić information content (AvgIpc) is 3.02. The molecular weight excluding hydrogens is 549 g/mol. The van der Waals surface area contributed by atoms with Crippen molar-refractivity contribution < 1.29 is 19.1 Å². The largest absolute Gasteiger partial charge is 0.398 e. The predicted molar refractivity (Wildman–Crippen MR) is 159 cm³/mol. The third-order valence-electron chi connectivity index (χ3n) is 6.79. The first-order valence-corrected chi connectivity index (χ1v) is 13.6. The number of carbonyl (C=O) groups excluding carboxylic acids is 2. The topological polar surface area (TPSA) is 85.1 Å². The molecule has 0 spiro atoms. The zero-order valence-corrected chi connectivity index (χ0v) is 24.1. The highest BCUT2D eigenvalue weighted by Gasteiger charge is 2.43. The molecule has 0 saturated heterocycles. The number of rotatable bonds is 9. The number of hydrogen-bond donors (Lipinski definition) is 1. The molecule has 1 aliphatic rings. The normalized spacial score (nSPS) is 15.8. The summed E-state index contributed by atoms with van der Waals surface area (Å²) in [5.41, 5.74) is 9.60. The van der Waals surface area contributed by atoms with Crippen molar-refractivity contribution in [1.82, 2.24) is 4.90 Å². The molecular formula is C31H31Cl2N3O4. The van der Waals surface area contributed by atoms with Gasteiger partial charge in [0.15, 0.2) is 0 Å². The van der Waals surface area contributed by atoms with E-state index in [0.29, 0.717) is 56.9 Å². The highest BCUT2D eigenvalue weighted by Crippen LogP contribution is 2.41. The Morgan fingerprint density at radius 3 is 2.38 bits per heavy atom. The van der Waals surface area contributed by atoms with E-state index in [0.717, 1.165) is 0 Å². The standard InChI is InChI=1S/C31H31Cl2N3O4/c1-4-5-21-6-13-28-26(18-21)30(37)36(20(2)25-12-11-24(33)19-27(25)34)29(22-7-9-23(32)10-8-22)31(38)35(28)14-15-40-17-16-39-3/h6-13,18-20,29H,14-17,34H2,1-3H3/t20-,29?/m1/s1. The molecule has 1 unspecified atom stereocenters. The first kappa shape index (κ1) is 29.4. The minimum atomic E-state index is -0.970. The van der Waals surface area contributed by atoms with Gasteiger partial charge in [0.1, 0.15) is 6.04 Å². The van der Waals surface area contributed by atoms with E-state index in [1.807, 2.05) is 13.0 Å². The maximum absolute atomic E-state index is 14.5. The van der Waals surface area contributed by atoms with Crippen LogP contribution in [0.2, 0.25) is 10.0 Å². The Kier molecular flexibility index (Phi) is 9.72. The molecule has 0 aromatic heterocycles. The number of nitrogens with zero attached hydrogens (tertiary/aromatic N) is 2. The number of halogens is 2. The van der Waals surface area contributed by atoms with Gasteiger partial charge in [-0.1, -0.05) is 47.3 Å². The summed E-state index contributed by atoms with van der Waals surface area (Å²) in [6.07, 6.45) is 0. The zero-order chi connectivity index (χ0) is 28.8. The lowest BCUT2D eigenvalue weighted by Gasteiger charge is -2.36. The molecule has 208 valence electrons. The van der Waals surface area contributed by atoms with E-state index in [1.54, 1.807) is 78.4 Å². The van der Waals surface area contributed by atoms with E-state index in [2.05, 4.69) is 11.8 Å². The van der Waals surface area contributed by atoms with Crippen LogP contribution in [0, 0.1) is 11.8 Å². The molecule has 0 saturated carbocycles. The number of benzene rings is 3. The summed E-state index contributed by atoms with van der Waals surface area (Å²) < 4.78 is 10.8. The number of amides is 2. The number of nitrogen functional groups attached to an aromatic ring is 1. The summed E-state index contributed by atoms with van der Waals surface area (Å²) in [6.45, 7) is 4.89. The van der Waals surface area contributed by atoms with Crippen molar-refractivity contribution >= 4 is 46.4 Å². The maximum Gasteiger partial charge on any atom is 0.257 e. The van der Waals surface area contributed by atoms with Gasteiger partial charge in [0, 0.05) is 35.0 Å². The number of ether oxygens (including phenoxy) is 2. The fourth-order valence-corrected chi connectivity index (χ4v) is 5.17. The molecule has 4 rings (SSSR count). The second kappa shape index (κ2) is 13.2. The second-order valence-electron chi connectivity index (χ2n) is 9.32. The number of nitrogens with two attached hydrogens (primary N) is 1. The molecule has 3 aromatic carbocycles. The lowest BCUT2D eigenvalue weighted by molar-refractivity contribution is -0.124. The molecule has 0 aliphatic carbocycles. The first-order valence-electron chi connectivity index (χ1n) is 12.8. The van der Waals surface area contributed by atoms with Crippen LogP contribution in [-0.2, 0) is 14.3 Å². The van der Waals surface area contributed by atoms with E-state index >= 15 is 0 Å². The van der Waals surface area contributed by atoms with Gasteiger partial charge in [-0.05, 0) is 67.4 Å². The molecule has 0 fully saturated rings. The van der Waals surface area contributed by atoms with Crippen LogP contribution in [0.3, 0.4) is 0 Å². The minimum Gasteiger partial charge on any atom is -0.398 e. The van der Waals surface area contributed by atoms with Gasteiger partial charge in [-0.3, -0.25) is 9.59 Å². The number of fused-ring (bicyclic) bond motifs is 1. The van der Waals surface area contributed by atoms with Crippen LogP contribution in [0.25, 0.3) is 0 Å². The molecule has 2 atom stereocenters. The summed E-state index contributed by atoms with van der Waals surface area (Å²) in [4.78, 5) is 32.2. The van der Waals surface area contributed by atoms with Gasteiger partial charge in [-0.2, -0.15) is 0 Å². The Morgan fingerprint density at radius 2 is 1.70 bits per heavy atom.